The van der Waals surface area contributed by atoms with Crippen LogP contribution < -0.4 is 5.32 Å². The highest BCUT2D eigenvalue weighted by molar-refractivity contribution is 5.03. The lowest BCUT2D eigenvalue weighted by Crippen LogP contribution is -2.38. The molecule has 0 unspecified atom stereocenters. The van der Waals surface area contributed by atoms with Gasteiger partial charge in [0.05, 0.1) is 6.20 Å². The summed E-state index contributed by atoms with van der Waals surface area (Å²) < 4.78 is 28.0. The lowest BCUT2D eigenvalue weighted by atomic mass is 9.92. The van der Waals surface area contributed by atoms with E-state index in [2.05, 4.69) is 10.4 Å². The molecule has 16 heavy (non-hydrogen) atoms. The first-order valence-corrected chi connectivity index (χ1v) is 5.64. The maximum atomic E-state index is 13.1. The van der Waals surface area contributed by atoms with Crippen LogP contribution in [0.1, 0.15) is 31.2 Å². The zero-order valence-corrected chi connectivity index (χ0v) is 9.42. The number of rotatable bonds is 3. The molecule has 2 rings (SSSR count). The van der Waals surface area contributed by atoms with Gasteiger partial charge in [-0.2, -0.15) is 5.10 Å². The van der Waals surface area contributed by atoms with Gasteiger partial charge in [-0.1, -0.05) is 0 Å². The summed E-state index contributed by atoms with van der Waals surface area (Å²) in [7, 11) is 1.85. The summed E-state index contributed by atoms with van der Waals surface area (Å²) in [5.74, 6) is -2.48. The Labute approximate surface area is 93.8 Å². The van der Waals surface area contributed by atoms with Gasteiger partial charge in [-0.25, -0.2) is 8.78 Å². The number of alkyl halides is 2. The van der Waals surface area contributed by atoms with Crippen molar-refractivity contribution in [2.24, 2.45) is 7.05 Å². The van der Waals surface area contributed by atoms with Crippen LogP contribution >= 0.6 is 0 Å². The first-order chi connectivity index (χ1) is 7.55. The summed E-state index contributed by atoms with van der Waals surface area (Å²) in [4.78, 5) is 0. The SMILES string of the molecule is Cn1cc(CN[C@@H]2CCCC(F)(F)C2)cn1. The highest BCUT2D eigenvalue weighted by Crippen LogP contribution is 2.33. The van der Waals surface area contributed by atoms with Crippen LogP contribution in [0.5, 0.6) is 0 Å². The Bertz CT molecular complexity index is 349. The van der Waals surface area contributed by atoms with Crippen molar-refractivity contribution >= 4 is 0 Å². The molecule has 3 nitrogen and oxygen atoms in total. The van der Waals surface area contributed by atoms with E-state index in [1.807, 2.05) is 13.2 Å². The van der Waals surface area contributed by atoms with Crippen LogP contribution in [0.2, 0.25) is 0 Å². The van der Waals surface area contributed by atoms with Gasteiger partial charge in [0.15, 0.2) is 0 Å². The van der Waals surface area contributed by atoms with Gasteiger partial charge in [-0.3, -0.25) is 4.68 Å². The minimum absolute atomic E-state index is 0.0345. The maximum Gasteiger partial charge on any atom is 0.249 e. The number of aryl methyl sites for hydroxylation is 1. The van der Waals surface area contributed by atoms with Crippen LogP contribution in [0.15, 0.2) is 12.4 Å². The number of aromatic nitrogens is 2. The molecule has 1 N–H and O–H groups in total. The van der Waals surface area contributed by atoms with E-state index in [0.717, 1.165) is 12.0 Å². The molecule has 1 aromatic rings. The average molecular weight is 229 g/mol. The molecule has 0 radical (unpaired) electrons. The standard InChI is InChI=1S/C11H17F2N3/c1-16-8-9(7-15-16)6-14-10-3-2-4-11(12,13)5-10/h7-8,10,14H,2-6H2,1H3/t10-/m1/s1. The van der Waals surface area contributed by atoms with Crippen molar-refractivity contribution in [1.29, 1.82) is 0 Å². The quantitative estimate of drug-likeness (QED) is 0.860. The Kier molecular flexibility index (Phi) is 3.23. The Morgan fingerprint density at radius 2 is 2.44 bits per heavy atom. The van der Waals surface area contributed by atoms with Crippen LogP contribution in [-0.4, -0.2) is 21.7 Å². The molecule has 0 amide bonds. The molecule has 1 aromatic heterocycles. The van der Waals surface area contributed by atoms with Crippen molar-refractivity contribution in [1.82, 2.24) is 15.1 Å². The van der Waals surface area contributed by atoms with Gasteiger partial charge in [-0.15, -0.1) is 0 Å². The third-order valence-electron chi connectivity index (χ3n) is 2.99. The topological polar surface area (TPSA) is 29.9 Å². The van der Waals surface area contributed by atoms with Gasteiger partial charge in [0.2, 0.25) is 5.92 Å². The third kappa shape index (κ3) is 3.01. The third-order valence-corrected chi connectivity index (χ3v) is 2.99. The first-order valence-electron chi connectivity index (χ1n) is 5.64. The number of nitrogens with zero attached hydrogens (tertiary/aromatic N) is 2. The van der Waals surface area contributed by atoms with Crippen molar-refractivity contribution in [2.45, 2.75) is 44.2 Å². The van der Waals surface area contributed by atoms with Crippen molar-refractivity contribution in [2.75, 3.05) is 0 Å². The Hall–Kier alpha value is -0.970. The second-order valence-corrected chi connectivity index (χ2v) is 4.55. The Morgan fingerprint density at radius 1 is 1.62 bits per heavy atom. The van der Waals surface area contributed by atoms with Crippen LogP contribution in [0.3, 0.4) is 0 Å². The van der Waals surface area contributed by atoms with Crippen LogP contribution in [0, 0.1) is 0 Å². The molecule has 1 aliphatic rings. The average Bonchev–Trinajstić information content (AvgIpc) is 2.60. The van der Waals surface area contributed by atoms with E-state index < -0.39 is 5.92 Å². The summed E-state index contributed by atoms with van der Waals surface area (Å²) in [5, 5.41) is 7.21. The molecule has 0 spiro atoms. The first kappa shape index (κ1) is 11.5. The molecule has 5 heteroatoms. The van der Waals surface area contributed by atoms with Crippen LogP contribution in [0.25, 0.3) is 0 Å². The van der Waals surface area contributed by atoms with E-state index in [9.17, 15) is 8.78 Å². The normalized spacial score (nSPS) is 24.6. The fourth-order valence-corrected chi connectivity index (χ4v) is 2.17. The lowest BCUT2D eigenvalue weighted by molar-refractivity contribution is -0.0442. The molecular formula is C11H17F2N3. The predicted molar refractivity (Wildman–Crippen MR) is 57.3 cm³/mol. The molecule has 1 aliphatic carbocycles. The summed E-state index contributed by atoms with van der Waals surface area (Å²) >= 11 is 0. The van der Waals surface area contributed by atoms with Crippen molar-refractivity contribution in [3.05, 3.63) is 18.0 Å². The summed E-state index contributed by atoms with van der Waals surface area (Å²) in [5.41, 5.74) is 1.04. The predicted octanol–water partition coefficient (Wildman–Crippen LogP) is 2.09. The zero-order valence-electron chi connectivity index (χ0n) is 9.42. The van der Waals surface area contributed by atoms with Gasteiger partial charge in [0.25, 0.3) is 0 Å². The van der Waals surface area contributed by atoms with Crippen molar-refractivity contribution < 1.29 is 8.78 Å². The van der Waals surface area contributed by atoms with Gasteiger partial charge in [0.1, 0.15) is 0 Å². The van der Waals surface area contributed by atoms with E-state index >= 15 is 0 Å². The van der Waals surface area contributed by atoms with E-state index in [1.54, 1.807) is 10.9 Å². The molecule has 1 atom stereocenters. The largest absolute Gasteiger partial charge is 0.310 e. The monoisotopic (exact) mass is 229 g/mol. The summed E-state index contributed by atoms with van der Waals surface area (Å²) in [6.45, 7) is 0.620. The van der Waals surface area contributed by atoms with Crippen molar-refractivity contribution in [3.63, 3.8) is 0 Å². The fourth-order valence-electron chi connectivity index (χ4n) is 2.17. The molecule has 1 heterocycles. The van der Waals surface area contributed by atoms with Gasteiger partial charge >= 0.3 is 0 Å². The number of hydrogen-bond donors (Lipinski definition) is 1. The zero-order chi connectivity index (χ0) is 11.6. The lowest BCUT2D eigenvalue weighted by Gasteiger charge is -2.29. The van der Waals surface area contributed by atoms with Gasteiger partial charge in [0, 0.05) is 44.2 Å². The van der Waals surface area contributed by atoms with Gasteiger partial charge < -0.3 is 5.32 Å². The number of nitrogens with one attached hydrogen (secondary N) is 1. The summed E-state index contributed by atoms with van der Waals surface area (Å²) in [6.07, 6.45) is 5.11. The highest BCUT2D eigenvalue weighted by atomic mass is 19.3. The molecular weight excluding hydrogens is 212 g/mol. The van der Waals surface area contributed by atoms with E-state index in [1.165, 1.54) is 0 Å². The minimum Gasteiger partial charge on any atom is -0.310 e. The molecule has 1 fully saturated rings. The second-order valence-electron chi connectivity index (χ2n) is 4.55. The molecule has 0 bridgehead atoms. The maximum absolute atomic E-state index is 13.1. The fraction of sp³-hybridized carbons (Fsp3) is 0.727. The molecule has 1 saturated carbocycles. The van der Waals surface area contributed by atoms with Crippen LogP contribution in [0.4, 0.5) is 8.78 Å². The minimum atomic E-state index is -2.48. The summed E-state index contributed by atoms with van der Waals surface area (Å²) in [6, 6.07) is -0.0658. The second kappa shape index (κ2) is 4.49. The molecule has 0 saturated heterocycles. The number of halogens is 2. The van der Waals surface area contributed by atoms with E-state index in [-0.39, 0.29) is 18.9 Å². The number of hydrogen-bond acceptors (Lipinski definition) is 2. The van der Waals surface area contributed by atoms with E-state index in [0.29, 0.717) is 13.0 Å². The molecule has 0 aromatic carbocycles. The smallest absolute Gasteiger partial charge is 0.249 e. The Balaban J connectivity index is 1.82. The molecule has 90 valence electrons. The Morgan fingerprint density at radius 3 is 3.06 bits per heavy atom. The highest BCUT2D eigenvalue weighted by Gasteiger charge is 2.35. The van der Waals surface area contributed by atoms with Gasteiger partial charge in [-0.05, 0) is 12.8 Å². The van der Waals surface area contributed by atoms with E-state index in [4.69, 9.17) is 0 Å². The molecule has 0 aliphatic heterocycles. The van der Waals surface area contributed by atoms with Crippen LogP contribution in [-0.2, 0) is 13.6 Å². The van der Waals surface area contributed by atoms with Crippen molar-refractivity contribution in [3.8, 4) is 0 Å².